The summed E-state index contributed by atoms with van der Waals surface area (Å²) in [5, 5.41) is 3.75. The molecule has 0 bridgehead atoms. The molecule has 3 rings (SSSR count). The second kappa shape index (κ2) is 6.06. The molecule has 108 valence electrons. The van der Waals surface area contributed by atoms with E-state index in [0.717, 1.165) is 13.1 Å². The summed E-state index contributed by atoms with van der Waals surface area (Å²) in [6.07, 6.45) is 0. The molecule has 0 aromatic heterocycles. The molecule has 0 saturated carbocycles. The third kappa shape index (κ3) is 3.38. The Kier molecular flexibility index (Phi) is 4.15. The van der Waals surface area contributed by atoms with Crippen LogP contribution < -0.4 is 5.32 Å². The van der Waals surface area contributed by atoms with E-state index in [0.29, 0.717) is 22.3 Å². The number of amides is 1. The molecule has 0 aliphatic carbocycles. The molecular formula is C16H14Cl2N2O. The van der Waals surface area contributed by atoms with Crippen LogP contribution in [0.1, 0.15) is 11.1 Å². The SMILES string of the molecule is O=C(CN1Cc2ccccc2C1)Nc1ccc(Cl)c(Cl)c1. The summed E-state index contributed by atoms with van der Waals surface area (Å²) in [6, 6.07) is 13.3. The fourth-order valence-electron chi connectivity index (χ4n) is 2.49. The topological polar surface area (TPSA) is 32.3 Å². The molecule has 0 radical (unpaired) electrons. The third-order valence-corrected chi connectivity index (χ3v) is 4.22. The number of rotatable bonds is 3. The summed E-state index contributed by atoms with van der Waals surface area (Å²) in [5.74, 6) is -0.0544. The number of fused-ring (bicyclic) bond motifs is 1. The maximum Gasteiger partial charge on any atom is 0.238 e. The normalized spacial score (nSPS) is 14.0. The number of anilines is 1. The lowest BCUT2D eigenvalue weighted by atomic mass is 10.1. The molecule has 1 N–H and O–H groups in total. The highest BCUT2D eigenvalue weighted by Crippen LogP contribution is 2.25. The van der Waals surface area contributed by atoms with Gasteiger partial charge in [0.25, 0.3) is 0 Å². The fraction of sp³-hybridized carbons (Fsp3) is 0.188. The molecule has 1 aliphatic rings. The predicted octanol–water partition coefficient (Wildman–Crippen LogP) is 3.95. The molecule has 0 atom stereocenters. The Balaban J connectivity index is 1.59. The highest BCUT2D eigenvalue weighted by molar-refractivity contribution is 6.42. The van der Waals surface area contributed by atoms with Crippen molar-refractivity contribution in [3.63, 3.8) is 0 Å². The Morgan fingerprint density at radius 1 is 1.05 bits per heavy atom. The quantitative estimate of drug-likeness (QED) is 0.928. The third-order valence-electron chi connectivity index (χ3n) is 3.48. The first kappa shape index (κ1) is 14.4. The average Bonchev–Trinajstić information content (AvgIpc) is 2.84. The first-order valence-electron chi connectivity index (χ1n) is 6.66. The molecule has 5 heteroatoms. The summed E-state index contributed by atoms with van der Waals surface area (Å²) < 4.78 is 0. The zero-order valence-corrected chi connectivity index (χ0v) is 12.8. The zero-order valence-electron chi connectivity index (χ0n) is 11.3. The Morgan fingerprint density at radius 2 is 1.71 bits per heavy atom. The van der Waals surface area contributed by atoms with Gasteiger partial charge in [0.2, 0.25) is 5.91 Å². The summed E-state index contributed by atoms with van der Waals surface area (Å²) in [4.78, 5) is 14.2. The van der Waals surface area contributed by atoms with E-state index in [1.54, 1.807) is 18.2 Å². The van der Waals surface area contributed by atoms with Crippen LogP contribution in [0.25, 0.3) is 0 Å². The molecule has 2 aromatic rings. The Hall–Kier alpha value is -1.55. The maximum atomic E-state index is 12.1. The van der Waals surface area contributed by atoms with Crippen LogP contribution >= 0.6 is 23.2 Å². The fourth-order valence-corrected chi connectivity index (χ4v) is 2.79. The van der Waals surface area contributed by atoms with Crippen LogP contribution in [0.2, 0.25) is 10.0 Å². The first-order chi connectivity index (χ1) is 10.1. The van der Waals surface area contributed by atoms with E-state index < -0.39 is 0 Å². The molecule has 21 heavy (non-hydrogen) atoms. The van der Waals surface area contributed by atoms with Gasteiger partial charge in [0.15, 0.2) is 0 Å². The van der Waals surface area contributed by atoms with E-state index in [2.05, 4.69) is 22.3 Å². The summed E-state index contributed by atoms with van der Waals surface area (Å²) in [5.41, 5.74) is 3.24. The van der Waals surface area contributed by atoms with Crippen LogP contribution in [0.4, 0.5) is 5.69 Å². The Labute approximate surface area is 133 Å². The van der Waals surface area contributed by atoms with Crippen LogP contribution in [-0.4, -0.2) is 17.4 Å². The van der Waals surface area contributed by atoms with Crippen molar-refractivity contribution < 1.29 is 4.79 Å². The highest BCUT2D eigenvalue weighted by atomic mass is 35.5. The van der Waals surface area contributed by atoms with Crippen molar-refractivity contribution in [3.05, 3.63) is 63.6 Å². The monoisotopic (exact) mass is 320 g/mol. The van der Waals surface area contributed by atoms with Crippen molar-refractivity contribution in [2.24, 2.45) is 0 Å². The summed E-state index contributed by atoms with van der Waals surface area (Å²) in [6.45, 7) is 1.98. The smallest absolute Gasteiger partial charge is 0.238 e. The number of nitrogens with one attached hydrogen (secondary N) is 1. The van der Waals surface area contributed by atoms with E-state index in [9.17, 15) is 4.79 Å². The minimum Gasteiger partial charge on any atom is -0.325 e. The molecule has 1 aliphatic heterocycles. The van der Waals surface area contributed by atoms with Gasteiger partial charge in [0, 0.05) is 18.8 Å². The molecule has 0 unspecified atom stereocenters. The molecule has 3 nitrogen and oxygen atoms in total. The summed E-state index contributed by atoms with van der Waals surface area (Å²) >= 11 is 11.8. The number of benzene rings is 2. The van der Waals surface area contributed by atoms with Crippen molar-refractivity contribution in [1.29, 1.82) is 0 Å². The van der Waals surface area contributed by atoms with Gasteiger partial charge < -0.3 is 5.32 Å². The number of carbonyl (C=O) groups excluding carboxylic acids is 1. The zero-order chi connectivity index (χ0) is 14.8. The van der Waals surface area contributed by atoms with Crippen molar-refractivity contribution >= 4 is 34.8 Å². The Morgan fingerprint density at radius 3 is 2.33 bits per heavy atom. The highest BCUT2D eigenvalue weighted by Gasteiger charge is 2.20. The number of carbonyl (C=O) groups is 1. The standard InChI is InChI=1S/C16H14Cl2N2O/c17-14-6-5-13(7-15(14)18)19-16(21)10-20-8-11-3-1-2-4-12(11)9-20/h1-7H,8-10H2,(H,19,21). The molecule has 0 fully saturated rings. The minimum atomic E-state index is -0.0544. The largest absolute Gasteiger partial charge is 0.325 e. The molecule has 1 heterocycles. The van der Waals surface area contributed by atoms with Gasteiger partial charge in [-0.2, -0.15) is 0 Å². The molecule has 1 amide bonds. The second-order valence-electron chi connectivity index (χ2n) is 5.09. The van der Waals surface area contributed by atoms with E-state index in [1.807, 2.05) is 12.1 Å². The van der Waals surface area contributed by atoms with Crippen molar-refractivity contribution in [2.45, 2.75) is 13.1 Å². The number of nitrogens with zero attached hydrogens (tertiary/aromatic N) is 1. The van der Waals surface area contributed by atoms with Gasteiger partial charge in [-0.3, -0.25) is 9.69 Å². The maximum absolute atomic E-state index is 12.1. The number of hydrogen-bond acceptors (Lipinski definition) is 2. The lowest BCUT2D eigenvalue weighted by Gasteiger charge is -2.14. The Bertz CT molecular complexity index is 663. The van der Waals surface area contributed by atoms with Gasteiger partial charge in [-0.25, -0.2) is 0 Å². The molecule has 2 aromatic carbocycles. The van der Waals surface area contributed by atoms with Gasteiger partial charge in [0.1, 0.15) is 0 Å². The van der Waals surface area contributed by atoms with Crippen molar-refractivity contribution in [2.75, 3.05) is 11.9 Å². The number of halogens is 2. The van der Waals surface area contributed by atoms with Gasteiger partial charge in [-0.05, 0) is 29.3 Å². The average molecular weight is 321 g/mol. The molecule has 0 spiro atoms. The van der Waals surface area contributed by atoms with E-state index in [1.165, 1.54) is 11.1 Å². The molecule has 0 saturated heterocycles. The van der Waals surface area contributed by atoms with Crippen molar-refractivity contribution in [3.8, 4) is 0 Å². The van der Waals surface area contributed by atoms with Gasteiger partial charge in [0.05, 0.1) is 16.6 Å². The molecular weight excluding hydrogens is 307 g/mol. The second-order valence-corrected chi connectivity index (χ2v) is 5.91. The van der Waals surface area contributed by atoms with Gasteiger partial charge in [-0.15, -0.1) is 0 Å². The lowest BCUT2D eigenvalue weighted by molar-refractivity contribution is -0.117. The van der Waals surface area contributed by atoms with Crippen LogP contribution in [0, 0.1) is 0 Å². The van der Waals surface area contributed by atoms with Crippen LogP contribution in [0.3, 0.4) is 0 Å². The lowest BCUT2D eigenvalue weighted by Crippen LogP contribution is -2.29. The van der Waals surface area contributed by atoms with Gasteiger partial charge >= 0.3 is 0 Å². The predicted molar refractivity (Wildman–Crippen MR) is 85.6 cm³/mol. The van der Waals surface area contributed by atoms with Crippen LogP contribution in [0.5, 0.6) is 0 Å². The van der Waals surface area contributed by atoms with Crippen molar-refractivity contribution in [1.82, 2.24) is 4.90 Å². The van der Waals surface area contributed by atoms with E-state index >= 15 is 0 Å². The summed E-state index contributed by atoms with van der Waals surface area (Å²) in [7, 11) is 0. The van der Waals surface area contributed by atoms with Crippen LogP contribution in [0.15, 0.2) is 42.5 Å². The minimum absolute atomic E-state index is 0.0544. The first-order valence-corrected chi connectivity index (χ1v) is 7.41. The van der Waals surface area contributed by atoms with E-state index in [4.69, 9.17) is 23.2 Å². The van der Waals surface area contributed by atoms with E-state index in [-0.39, 0.29) is 5.91 Å². The number of hydrogen-bond donors (Lipinski definition) is 1. The van der Waals surface area contributed by atoms with Gasteiger partial charge in [-0.1, -0.05) is 47.5 Å². The van der Waals surface area contributed by atoms with Crippen LogP contribution in [-0.2, 0) is 17.9 Å².